The van der Waals surface area contributed by atoms with Gasteiger partial charge in [-0.1, -0.05) is 61.9 Å². The molecule has 0 saturated heterocycles. The van der Waals surface area contributed by atoms with Crippen LogP contribution in [0.3, 0.4) is 0 Å². The maximum Gasteiger partial charge on any atom is 0.0463 e. The Labute approximate surface area is 192 Å². The summed E-state index contributed by atoms with van der Waals surface area (Å²) in [6, 6.07) is 21.7. The van der Waals surface area contributed by atoms with Crippen molar-refractivity contribution >= 4 is 5.69 Å². The fourth-order valence-corrected chi connectivity index (χ4v) is 4.27. The van der Waals surface area contributed by atoms with Crippen LogP contribution < -0.4 is 11.1 Å². The highest BCUT2D eigenvalue weighted by atomic mass is 14.9. The summed E-state index contributed by atoms with van der Waals surface area (Å²) in [5, 5.41) is 3.37. The van der Waals surface area contributed by atoms with Gasteiger partial charge in [0.05, 0.1) is 0 Å². The number of anilines is 1. The third-order valence-corrected chi connectivity index (χ3v) is 6.54. The number of pyridine rings is 1. The number of hydrogen-bond acceptors (Lipinski definition) is 3. The van der Waals surface area contributed by atoms with E-state index in [9.17, 15) is 0 Å². The van der Waals surface area contributed by atoms with Gasteiger partial charge in [0.2, 0.25) is 0 Å². The summed E-state index contributed by atoms with van der Waals surface area (Å²) >= 11 is 0. The van der Waals surface area contributed by atoms with Gasteiger partial charge in [-0.3, -0.25) is 4.98 Å². The van der Waals surface area contributed by atoms with Gasteiger partial charge in [0.25, 0.3) is 0 Å². The van der Waals surface area contributed by atoms with Gasteiger partial charge in [0.1, 0.15) is 0 Å². The predicted octanol–water partition coefficient (Wildman–Crippen LogP) is 6.61. The molecule has 0 bridgehead atoms. The minimum Gasteiger partial charge on any atom is -0.359 e. The fourth-order valence-electron chi connectivity index (χ4n) is 4.27. The molecule has 1 saturated carbocycles. The summed E-state index contributed by atoms with van der Waals surface area (Å²) in [5.74, 6) is 0. The minimum atomic E-state index is -0.135. The van der Waals surface area contributed by atoms with Gasteiger partial charge in [-0.2, -0.15) is 0 Å². The second-order valence-corrected chi connectivity index (χ2v) is 9.20. The highest BCUT2D eigenvalue weighted by Crippen LogP contribution is 2.42. The molecule has 3 heteroatoms. The summed E-state index contributed by atoms with van der Waals surface area (Å²) in [6.07, 6.45) is 10.4. The van der Waals surface area contributed by atoms with Gasteiger partial charge >= 0.3 is 0 Å². The first-order valence-corrected chi connectivity index (χ1v) is 11.4. The van der Waals surface area contributed by atoms with Gasteiger partial charge in [0.15, 0.2) is 0 Å². The van der Waals surface area contributed by atoms with Crippen molar-refractivity contribution < 1.29 is 0 Å². The number of nitrogens with two attached hydrogens (primary N) is 1. The molecular weight excluding hydrogens is 390 g/mol. The number of hydrogen-bond donors (Lipinski definition) is 2. The van der Waals surface area contributed by atoms with Crippen molar-refractivity contribution in [3.05, 3.63) is 108 Å². The maximum atomic E-state index is 5.88. The van der Waals surface area contributed by atoms with Crippen LogP contribution in [0.5, 0.6) is 0 Å². The van der Waals surface area contributed by atoms with Crippen molar-refractivity contribution in [3.63, 3.8) is 0 Å². The van der Waals surface area contributed by atoms with Crippen LogP contribution in [0, 0.1) is 0 Å². The summed E-state index contributed by atoms with van der Waals surface area (Å²) in [6.45, 7) is 8.05. The molecule has 0 amide bonds. The third kappa shape index (κ3) is 5.17. The van der Waals surface area contributed by atoms with E-state index in [4.69, 9.17) is 10.7 Å². The molecule has 1 aliphatic rings. The van der Waals surface area contributed by atoms with Crippen LogP contribution in [0.25, 0.3) is 11.1 Å². The fraction of sp³-hybridized carbons (Fsp3) is 0.276. The molecule has 0 radical (unpaired) electrons. The first kappa shape index (κ1) is 22.0. The molecule has 3 nitrogen and oxygen atoms in total. The van der Waals surface area contributed by atoms with Crippen LogP contribution in [-0.4, -0.2) is 11.0 Å². The van der Waals surface area contributed by atoms with Crippen molar-refractivity contribution in [3.8, 4) is 11.1 Å². The summed E-state index contributed by atoms with van der Waals surface area (Å²) < 4.78 is 0. The molecule has 1 fully saturated rings. The van der Waals surface area contributed by atoms with Gasteiger partial charge in [0, 0.05) is 40.3 Å². The van der Waals surface area contributed by atoms with Crippen molar-refractivity contribution in [2.24, 2.45) is 5.73 Å². The van der Waals surface area contributed by atoms with Crippen molar-refractivity contribution in [2.75, 3.05) is 5.32 Å². The van der Waals surface area contributed by atoms with E-state index >= 15 is 0 Å². The van der Waals surface area contributed by atoms with Gasteiger partial charge in [-0.25, -0.2) is 0 Å². The van der Waals surface area contributed by atoms with E-state index in [1.165, 1.54) is 47.2 Å². The molecule has 0 aliphatic heterocycles. The van der Waals surface area contributed by atoms with Crippen LogP contribution in [0.15, 0.2) is 91.3 Å². The summed E-state index contributed by atoms with van der Waals surface area (Å²) in [4.78, 5) is 4.77. The van der Waals surface area contributed by atoms with Gasteiger partial charge in [-0.05, 0) is 67.2 Å². The van der Waals surface area contributed by atoms with E-state index < -0.39 is 0 Å². The SMILES string of the molecule is C=CC(N)/C=C(/C)Nc1ccc(Cc2ccc(-c3ccc(C4(C)CCC4)nc3)cc2)cc1. The number of nitrogens with zero attached hydrogens (tertiary/aromatic N) is 1. The van der Waals surface area contributed by atoms with Crippen LogP contribution in [-0.2, 0) is 11.8 Å². The monoisotopic (exact) mass is 423 g/mol. The van der Waals surface area contributed by atoms with Gasteiger partial charge in [-0.15, -0.1) is 6.58 Å². The van der Waals surface area contributed by atoms with Gasteiger partial charge < -0.3 is 11.1 Å². The Morgan fingerprint density at radius 3 is 2.19 bits per heavy atom. The molecule has 164 valence electrons. The second kappa shape index (κ2) is 9.54. The zero-order valence-electron chi connectivity index (χ0n) is 19.1. The highest BCUT2D eigenvalue weighted by Gasteiger charge is 2.34. The molecule has 1 aromatic heterocycles. The van der Waals surface area contributed by atoms with Crippen molar-refractivity contribution in [1.29, 1.82) is 0 Å². The number of aromatic nitrogens is 1. The molecule has 2 aromatic carbocycles. The maximum absolute atomic E-state index is 5.88. The summed E-state index contributed by atoms with van der Waals surface area (Å²) in [5.41, 5.74) is 14.5. The molecule has 3 N–H and O–H groups in total. The van der Waals surface area contributed by atoms with E-state index in [0.717, 1.165) is 17.8 Å². The average molecular weight is 424 g/mol. The number of nitrogens with one attached hydrogen (secondary N) is 1. The lowest BCUT2D eigenvalue weighted by Gasteiger charge is -2.37. The Balaban J connectivity index is 1.37. The topological polar surface area (TPSA) is 50.9 Å². The second-order valence-electron chi connectivity index (χ2n) is 9.20. The normalized spacial score (nSPS) is 16.2. The van der Waals surface area contributed by atoms with Crippen LogP contribution in [0.4, 0.5) is 5.69 Å². The Bertz CT molecular complexity index is 1070. The van der Waals surface area contributed by atoms with E-state index in [0.29, 0.717) is 5.41 Å². The molecule has 1 atom stereocenters. The number of allylic oxidation sites excluding steroid dienone is 1. The molecule has 1 aliphatic carbocycles. The Morgan fingerprint density at radius 2 is 1.66 bits per heavy atom. The average Bonchev–Trinajstić information content (AvgIpc) is 2.79. The molecule has 4 rings (SSSR count). The van der Waals surface area contributed by atoms with Crippen molar-refractivity contribution in [2.45, 2.75) is 51.0 Å². The zero-order chi connectivity index (χ0) is 22.6. The highest BCUT2D eigenvalue weighted by molar-refractivity contribution is 5.63. The molecular formula is C29H33N3. The predicted molar refractivity (Wildman–Crippen MR) is 136 cm³/mol. The van der Waals surface area contributed by atoms with E-state index in [1.807, 2.05) is 19.2 Å². The Hall–Kier alpha value is -3.17. The molecule has 0 spiro atoms. The molecule has 1 heterocycles. The lowest BCUT2D eigenvalue weighted by molar-refractivity contribution is 0.264. The third-order valence-electron chi connectivity index (χ3n) is 6.54. The Kier molecular flexibility index (Phi) is 6.57. The van der Waals surface area contributed by atoms with E-state index in [1.54, 1.807) is 6.08 Å². The minimum absolute atomic E-state index is 0.135. The quantitative estimate of drug-likeness (QED) is 0.401. The van der Waals surface area contributed by atoms with Crippen LogP contribution in [0.1, 0.15) is 49.9 Å². The summed E-state index contributed by atoms with van der Waals surface area (Å²) in [7, 11) is 0. The van der Waals surface area contributed by atoms with E-state index in [2.05, 4.69) is 79.5 Å². The lowest BCUT2D eigenvalue weighted by Crippen LogP contribution is -2.31. The Morgan fingerprint density at radius 1 is 1.03 bits per heavy atom. The zero-order valence-corrected chi connectivity index (χ0v) is 19.1. The van der Waals surface area contributed by atoms with Crippen molar-refractivity contribution in [1.82, 2.24) is 4.98 Å². The lowest BCUT2D eigenvalue weighted by atomic mass is 9.68. The smallest absolute Gasteiger partial charge is 0.0463 e. The van der Waals surface area contributed by atoms with Crippen LogP contribution in [0.2, 0.25) is 0 Å². The molecule has 3 aromatic rings. The van der Waals surface area contributed by atoms with E-state index in [-0.39, 0.29) is 6.04 Å². The van der Waals surface area contributed by atoms with Crippen LogP contribution >= 0.6 is 0 Å². The largest absolute Gasteiger partial charge is 0.359 e. The number of benzene rings is 2. The first-order valence-electron chi connectivity index (χ1n) is 11.4. The number of rotatable bonds is 8. The molecule has 32 heavy (non-hydrogen) atoms. The molecule has 1 unspecified atom stereocenters. The first-order chi connectivity index (χ1) is 15.4. The standard InChI is InChI=1S/C29H33N3/c1-4-26(30)18-21(2)32-27-13-8-23(9-14-27)19-22-6-10-24(11-7-22)25-12-15-28(31-20-25)29(3)16-5-17-29/h4,6-15,18,20,26,32H,1,5,16-17,19,30H2,2-3H3/b21-18-.